The smallest absolute Gasteiger partial charge is 0.226 e. The van der Waals surface area contributed by atoms with E-state index in [0.717, 1.165) is 57.2 Å². The van der Waals surface area contributed by atoms with Crippen LogP contribution in [0.4, 0.5) is 0 Å². The summed E-state index contributed by atoms with van der Waals surface area (Å²) < 4.78 is 5.18. The van der Waals surface area contributed by atoms with Crippen molar-refractivity contribution in [2.45, 2.75) is 39.7 Å². The number of aromatic nitrogens is 2. The maximum absolute atomic E-state index is 5.79. The highest BCUT2D eigenvalue weighted by molar-refractivity contribution is 5.85. The van der Waals surface area contributed by atoms with Gasteiger partial charge in [0.25, 0.3) is 0 Å². The topological polar surface area (TPSA) is 68.2 Å². The van der Waals surface area contributed by atoms with E-state index in [1.54, 1.807) is 0 Å². The molecule has 2 rings (SSSR count). The van der Waals surface area contributed by atoms with Crippen molar-refractivity contribution in [1.29, 1.82) is 0 Å². The van der Waals surface area contributed by atoms with Crippen molar-refractivity contribution in [2.24, 2.45) is 11.1 Å². The zero-order valence-electron chi connectivity index (χ0n) is 11.2. The average molecular weight is 275 g/mol. The van der Waals surface area contributed by atoms with Crippen molar-refractivity contribution in [1.82, 2.24) is 15.0 Å². The summed E-state index contributed by atoms with van der Waals surface area (Å²) in [5.74, 6) is 1.55. The number of likely N-dealkylation sites (tertiary alicyclic amines) is 1. The highest BCUT2D eigenvalue weighted by Gasteiger charge is 2.32. The molecule has 1 aliphatic rings. The van der Waals surface area contributed by atoms with Gasteiger partial charge in [-0.1, -0.05) is 19.0 Å². The van der Waals surface area contributed by atoms with Crippen LogP contribution >= 0.6 is 12.4 Å². The number of halogens is 1. The predicted molar refractivity (Wildman–Crippen MR) is 72.6 cm³/mol. The molecular weight excluding hydrogens is 252 g/mol. The quantitative estimate of drug-likeness (QED) is 0.884. The minimum absolute atomic E-state index is 0. The van der Waals surface area contributed by atoms with Gasteiger partial charge in [-0.25, -0.2) is 0 Å². The lowest BCUT2D eigenvalue weighted by Crippen LogP contribution is -2.31. The second-order valence-electron chi connectivity index (χ2n) is 5.33. The zero-order valence-corrected chi connectivity index (χ0v) is 12.0. The molecular formula is C12H23ClN4O. The first-order chi connectivity index (χ1) is 8.15. The Morgan fingerprint density at radius 2 is 2.28 bits per heavy atom. The van der Waals surface area contributed by atoms with E-state index in [9.17, 15) is 0 Å². The summed E-state index contributed by atoms with van der Waals surface area (Å²) in [6.07, 6.45) is 3.06. The number of rotatable bonds is 5. The van der Waals surface area contributed by atoms with Crippen LogP contribution in [-0.4, -0.2) is 34.7 Å². The number of nitrogens with two attached hydrogens (primary N) is 1. The predicted octanol–water partition coefficient (Wildman–Crippen LogP) is 1.61. The van der Waals surface area contributed by atoms with Crippen LogP contribution in [0.1, 0.15) is 38.4 Å². The third-order valence-electron chi connectivity index (χ3n) is 3.47. The molecule has 0 aromatic carbocycles. The van der Waals surface area contributed by atoms with Gasteiger partial charge >= 0.3 is 0 Å². The fourth-order valence-corrected chi connectivity index (χ4v) is 2.30. The molecule has 1 aromatic rings. The lowest BCUT2D eigenvalue weighted by molar-refractivity contribution is 0.264. The van der Waals surface area contributed by atoms with Crippen molar-refractivity contribution in [3.05, 3.63) is 11.7 Å². The van der Waals surface area contributed by atoms with Gasteiger partial charge in [0.1, 0.15) is 0 Å². The first-order valence-electron chi connectivity index (χ1n) is 6.39. The fourth-order valence-electron chi connectivity index (χ4n) is 2.30. The monoisotopic (exact) mass is 274 g/mol. The molecule has 1 aromatic heterocycles. The summed E-state index contributed by atoms with van der Waals surface area (Å²) in [6, 6.07) is 0. The summed E-state index contributed by atoms with van der Waals surface area (Å²) in [5.41, 5.74) is 6.05. The lowest BCUT2D eigenvalue weighted by Gasteiger charge is -2.21. The van der Waals surface area contributed by atoms with Gasteiger partial charge in [0.15, 0.2) is 5.82 Å². The molecule has 0 spiro atoms. The van der Waals surface area contributed by atoms with Crippen molar-refractivity contribution in [2.75, 3.05) is 19.6 Å². The third kappa shape index (κ3) is 3.67. The molecule has 6 heteroatoms. The molecule has 1 aliphatic heterocycles. The van der Waals surface area contributed by atoms with E-state index >= 15 is 0 Å². The molecule has 0 aliphatic carbocycles. The maximum Gasteiger partial charge on any atom is 0.226 e. The van der Waals surface area contributed by atoms with Crippen molar-refractivity contribution in [3.63, 3.8) is 0 Å². The van der Waals surface area contributed by atoms with Crippen LogP contribution in [0.2, 0.25) is 0 Å². The molecule has 1 fully saturated rings. The number of aryl methyl sites for hydroxylation is 1. The summed E-state index contributed by atoms with van der Waals surface area (Å²) in [6.45, 7) is 7.98. The second kappa shape index (κ2) is 6.50. The number of hydrogen-bond acceptors (Lipinski definition) is 5. The molecule has 104 valence electrons. The Morgan fingerprint density at radius 3 is 2.89 bits per heavy atom. The van der Waals surface area contributed by atoms with Crippen LogP contribution < -0.4 is 5.73 Å². The molecule has 0 amide bonds. The van der Waals surface area contributed by atoms with E-state index in [-0.39, 0.29) is 17.8 Å². The molecule has 0 radical (unpaired) electrons. The summed E-state index contributed by atoms with van der Waals surface area (Å²) in [4.78, 5) is 6.74. The Kier molecular flexibility index (Phi) is 5.56. The molecule has 5 nitrogen and oxygen atoms in total. The van der Waals surface area contributed by atoms with E-state index in [0.29, 0.717) is 0 Å². The van der Waals surface area contributed by atoms with Crippen LogP contribution in [-0.2, 0) is 13.0 Å². The van der Waals surface area contributed by atoms with Crippen molar-refractivity contribution in [3.8, 4) is 0 Å². The number of nitrogens with zero attached hydrogens (tertiary/aromatic N) is 3. The van der Waals surface area contributed by atoms with E-state index in [1.165, 1.54) is 0 Å². The van der Waals surface area contributed by atoms with Crippen LogP contribution in [0.25, 0.3) is 0 Å². The first-order valence-corrected chi connectivity index (χ1v) is 6.39. The molecule has 0 saturated carbocycles. The average Bonchev–Trinajstić information content (AvgIpc) is 2.89. The van der Waals surface area contributed by atoms with Crippen molar-refractivity contribution < 1.29 is 4.52 Å². The Labute approximate surface area is 115 Å². The Morgan fingerprint density at radius 1 is 1.50 bits per heavy atom. The van der Waals surface area contributed by atoms with E-state index < -0.39 is 0 Å². The van der Waals surface area contributed by atoms with E-state index in [4.69, 9.17) is 10.3 Å². The van der Waals surface area contributed by atoms with Gasteiger partial charge in [0, 0.05) is 13.0 Å². The number of hydrogen-bond donors (Lipinski definition) is 1. The SMILES string of the molecule is CCCc1nc(CN2CCC(C)(CN)C2)no1.Cl. The largest absolute Gasteiger partial charge is 0.339 e. The fraction of sp³-hybridized carbons (Fsp3) is 0.833. The lowest BCUT2D eigenvalue weighted by atomic mass is 9.90. The van der Waals surface area contributed by atoms with Gasteiger partial charge in [0.2, 0.25) is 5.89 Å². The molecule has 2 N–H and O–H groups in total. The molecule has 1 unspecified atom stereocenters. The molecule has 2 heterocycles. The van der Waals surface area contributed by atoms with E-state index in [2.05, 4.69) is 28.9 Å². The van der Waals surface area contributed by atoms with Crippen LogP contribution in [0.3, 0.4) is 0 Å². The second-order valence-corrected chi connectivity index (χ2v) is 5.33. The highest BCUT2D eigenvalue weighted by Crippen LogP contribution is 2.29. The third-order valence-corrected chi connectivity index (χ3v) is 3.47. The van der Waals surface area contributed by atoms with Gasteiger partial charge in [0.05, 0.1) is 6.54 Å². The first kappa shape index (κ1) is 15.4. The standard InChI is InChI=1S/C12H22N4O.ClH/c1-3-4-11-14-10(15-17-11)7-16-6-5-12(2,8-13)9-16;/h3-9,13H2,1-2H3;1H. The zero-order chi connectivity index (χ0) is 12.3. The minimum atomic E-state index is 0. The van der Waals surface area contributed by atoms with E-state index in [1.807, 2.05) is 0 Å². The van der Waals surface area contributed by atoms with Crippen LogP contribution in [0.15, 0.2) is 4.52 Å². The van der Waals surface area contributed by atoms with Crippen LogP contribution in [0.5, 0.6) is 0 Å². The van der Waals surface area contributed by atoms with Gasteiger partial charge in [-0.3, -0.25) is 4.90 Å². The molecule has 1 atom stereocenters. The highest BCUT2D eigenvalue weighted by atomic mass is 35.5. The van der Waals surface area contributed by atoms with Crippen molar-refractivity contribution >= 4 is 12.4 Å². The molecule has 0 bridgehead atoms. The van der Waals surface area contributed by atoms with Gasteiger partial charge in [-0.15, -0.1) is 12.4 Å². The van der Waals surface area contributed by atoms with Gasteiger partial charge in [-0.2, -0.15) is 4.98 Å². The maximum atomic E-state index is 5.79. The minimum Gasteiger partial charge on any atom is -0.339 e. The summed E-state index contributed by atoms with van der Waals surface area (Å²) in [5, 5.41) is 4.01. The van der Waals surface area contributed by atoms with Gasteiger partial charge < -0.3 is 10.3 Å². The molecule has 1 saturated heterocycles. The normalized spacial score (nSPS) is 24.2. The molecule has 18 heavy (non-hydrogen) atoms. The Bertz CT molecular complexity index is 371. The van der Waals surface area contributed by atoms with Crippen LogP contribution in [0, 0.1) is 5.41 Å². The summed E-state index contributed by atoms with van der Waals surface area (Å²) >= 11 is 0. The Hall–Kier alpha value is -0.650. The summed E-state index contributed by atoms with van der Waals surface area (Å²) in [7, 11) is 0. The van der Waals surface area contributed by atoms with Gasteiger partial charge in [-0.05, 0) is 31.3 Å². The Balaban J connectivity index is 0.00000162.